The molecule has 3 aromatic rings. The molecule has 0 fully saturated rings. The average molecular weight is 453 g/mol. The molecule has 0 saturated heterocycles. The molecule has 0 radical (unpaired) electrons. The first-order valence-corrected chi connectivity index (χ1v) is 11.9. The van der Waals surface area contributed by atoms with E-state index in [0.29, 0.717) is 27.5 Å². The minimum atomic E-state index is -3.44. The number of halogens is 1. The van der Waals surface area contributed by atoms with Gasteiger partial charge < -0.3 is 9.84 Å². The van der Waals surface area contributed by atoms with Crippen molar-refractivity contribution in [3.8, 4) is 11.8 Å². The van der Waals surface area contributed by atoms with Crippen molar-refractivity contribution in [2.45, 2.75) is 30.6 Å². The second kappa shape index (κ2) is 7.82. The quantitative estimate of drug-likeness (QED) is 0.457. The molecule has 5 nitrogen and oxygen atoms in total. The predicted molar refractivity (Wildman–Crippen MR) is 122 cm³/mol. The molecular formula is C24H22ClN2O3P. The van der Waals surface area contributed by atoms with Gasteiger partial charge in [0.05, 0.1) is 17.7 Å². The molecule has 0 saturated carbocycles. The molecule has 7 heteroatoms. The highest BCUT2D eigenvalue weighted by atomic mass is 35.5. The Bertz CT molecular complexity index is 1150. The van der Waals surface area contributed by atoms with Gasteiger partial charge in [0, 0.05) is 16.2 Å². The van der Waals surface area contributed by atoms with E-state index in [1.165, 1.54) is 0 Å². The summed E-state index contributed by atoms with van der Waals surface area (Å²) in [6.45, 7) is 3.34. The molecule has 3 aromatic carbocycles. The Hall–Kier alpha value is -2.61. The summed E-state index contributed by atoms with van der Waals surface area (Å²) >= 11 is 6.70. The Morgan fingerprint density at radius 1 is 1.03 bits per heavy atom. The fourth-order valence-corrected chi connectivity index (χ4v) is 6.50. The van der Waals surface area contributed by atoms with E-state index in [9.17, 15) is 14.9 Å². The van der Waals surface area contributed by atoms with E-state index in [2.05, 4.69) is 11.2 Å². The number of nitrogens with one attached hydrogen (secondary N) is 1. The Balaban J connectivity index is 1.92. The molecular weight excluding hydrogens is 431 g/mol. The lowest BCUT2D eigenvalue weighted by Gasteiger charge is -2.48. The van der Waals surface area contributed by atoms with Gasteiger partial charge in [0.25, 0.3) is 0 Å². The van der Waals surface area contributed by atoms with E-state index in [1.807, 2.05) is 36.4 Å². The van der Waals surface area contributed by atoms with Crippen LogP contribution >= 0.6 is 18.9 Å². The summed E-state index contributed by atoms with van der Waals surface area (Å²) in [4.78, 5) is 0. The number of alkyl halides is 1. The van der Waals surface area contributed by atoms with Crippen LogP contribution in [0, 0.1) is 11.3 Å². The van der Waals surface area contributed by atoms with Crippen LogP contribution in [0.5, 0.6) is 5.75 Å². The monoisotopic (exact) mass is 452 g/mol. The van der Waals surface area contributed by atoms with Crippen LogP contribution in [0.25, 0.3) is 0 Å². The maximum atomic E-state index is 14.6. The Morgan fingerprint density at radius 3 is 2.10 bits per heavy atom. The smallest absolute Gasteiger partial charge is 0.205 e. The van der Waals surface area contributed by atoms with Crippen LogP contribution in [0.15, 0.2) is 78.9 Å². The van der Waals surface area contributed by atoms with Gasteiger partial charge in [-0.3, -0.25) is 4.57 Å². The van der Waals surface area contributed by atoms with Crippen molar-refractivity contribution in [2.75, 3.05) is 0 Å². The molecule has 1 aliphatic heterocycles. The lowest BCUT2D eigenvalue weighted by molar-refractivity contribution is -0.0910. The summed E-state index contributed by atoms with van der Waals surface area (Å²) in [5, 5.41) is 23.2. The van der Waals surface area contributed by atoms with E-state index >= 15 is 0 Å². The topological polar surface area (TPSA) is 82.3 Å². The van der Waals surface area contributed by atoms with Gasteiger partial charge in [-0.15, -0.1) is 0 Å². The SMILES string of the molecule is CC1(C)Oc2ccc(C#N)cc2[C@@H](NP(=O)(c2ccccc2)c2ccccc2)[C@]1(O)Cl. The van der Waals surface area contributed by atoms with Gasteiger partial charge in [0.1, 0.15) is 11.4 Å². The van der Waals surface area contributed by atoms with Crippen molar-refractivity contribution in [2.24, 2.45) is 0 Å². The van der Waals surface area contributed by atoms with E-state index in [-0.39, 0.29) is 0 Å². The molecule has 0 amide bonds. The molecule has 1 aliphatic rings. The maximum absolute atomic E-state index is 14.6. The first-order chi connectivity index (χ1) is 14.7. The van der Waals surface area contributed by atoms with Crippen LogP contribution in [0.4, 0.5) is 0 Å². The van der Waals surface area contributed by atoms with Crippen molar-refractivity contribution < 1.29 is 14.4 Å². The number of rotatable bonds is 4. The Kier molecular flexibility index (Phi) is 5.45. The molecule has 0 unspecified atom stereocenters. The summed E-state index contributed by atoms with van der Waals surface area (Å²) in [6, 6.07) is 24.1. The standard InChI is InChI=1S/C24H22ClN2O3P/c1-23(2)24(25,28)22(20-15-17(16-26)13-14-21(20)30-23)27-31(29,18-9-5-3-6-10-18)19-11-7-4-8-12-19/h3-15,22,28H,1-2H3,(H,27,29)/t22-,24-/m1/s1. The summed E-state index contributed by atoms with van der Waals surface area (Å²) in [5.41, 5.74) is -0.343. The van der Waals surface area contributed by atoms with Gasteiger partial charge in [-0.2, -0.15) is 5.26 Å². The van der Waals surface area contributed by atoms with Gasteiger partial charge in [-0.1, -0.05) is 48.0 Å². The number of aliphatic hydroxyl groups is 1. The number of hydrogen-bond acceptors (Lipinski definition) is 4. The molecule has 1 heterocycles. The molecule has 0 aliphatic carbocycles. The van der Waals surface area contributed by atoms with E-state index < -0.39 is 24.0 Å². The van der Waals surface area contributed by atoms with Crippen molar-refractivity contribution in [3.05, 3.63) is 90.0 Å². The minimum Gasteiger partial charge on any atom is -0.483 e. The first kappa shape index (κ1) is 21.6. The van der Waals surface area contributed by atoms with Crippen LogP contribution in [0.2, 0.25) is 0 Å². The molecule has 158 valence electrons. The number of ether oxygens (including phenoxy) is 1. The highest BCUT2D eigenvalue weighted by molar-refractivity contribution is 7.76. The molecule has 31 heavy (non-hydrogen) atoms. The average Bonchev–Trinajstić information content (AvgIpc) is 2.78. The normalized spacial score (nSPS) is 22.1. The number of nitriles is 1. The van der Waals surface area contributed by atoms with Crippen molar-refractivity contribution in [1.82, 2.24) is 5.09 Å². The summed E-state index contributed by atoms with van der Waals surface area (Å²) < 4.78 is 20.5. The predicted octanol–water partition coefficient (Wildman–Crippen LogP) is 4.22. The van der Waals surface area contributed by atoms with Crippen LogP contribution in [-0.4, -0.2) is 15.8 Å². The second-order valence-electron chi connectivity index (χ2n) is 7.99. The van der Waals surface area contributed by atoms with Crippen LogP contribution in [0.3, 0.4) is 0 Å². The van der Waals surface area contributed by atoms with E-state index in [1.54, 1.807) is 56.3 Å². The van der Waals surface area contributed by atoms with Gasteiger partial charge in [0.15, 0.2) is 5.06 Å². The van der Waals surface area contributed by atoms with Crippen LogP contribution < -0.4 is 20.4 Å². The molecule has 0 aromatic heterocycles. The lowest BCUT2D eigenvalue weighted by Crippen LogP contribution is -2.59. The third kappa shape index (κ3) is 3.67. The molecule has 0 bridgehead atoms. The lowest BCUT2D eigenvalue weighted by atomic mass is 9.86. The summed E-state index contributed by atoms with van der Waals surface area (Å²) in [7, 11) is -3.44. The fraction of sp³-hybridized carbons (Fsp3) is 0.208. The largest absolute Gasteiger partial charge is 0.483 e. The number of hydrogen-bond donors (Lipinski definition) is 2. The van der Waals surface area contributed by atoms with Gasteiger partial charge in [-0.05, 0) is 56.3 Å². The fourth-order valence-electron chi connectivity index (χ4n) is 3.75. The van der Waals surface area contributed by atoms with Gasteiger partial charge in [0.2, 0.25) is 7.29 Å². The zero-order valence-electron chi connectivity index (χ0n) is 17.1. The molecule has 2 atom stereocenters. The number of benzene rings is 3. The molecule has 4 rings (SSSR count). The Morgan fingerprint density at radius 2 is 1.58 bits per heavy atom. The first-order valence-electron chi connectivity index (χ1n) is 9.82. The minimum absolute atomic E-state index is 0.385. The van der Waals surface area contributed by atoms with Gasteiger partial charge in [-0.25, -0.2) is 5.09 Å². The van der Waals surface area contributed by atoms with Crippen LogP contribution in [0.1, 0.15) is 31.0 Å². The van der Waals surface area contributed by atoms with Crippen molar-refractivity contribution >= 4 is 29.5 Å². The Labute approximate surface area is 186 Å². The number of fused-ring (bicyclic) bond motifs is 1. The third-order valence-electron chi connectivity index (χ3n) is 5.59. The summed E-state index contributed by atoms with van der Waals surface area (Å²) in [6.07, 6.45) is 0. The zero-order chi connectivity index (χ0) is 22.3. The highest BCUT2D eigenvalue weighted by Crippen LogP contribution is 2.53. The molecule has 0 spiro atoms. The summed E-state index contributed by atoms with van der Waals surface area (Å²) in [5.74, 6) is 0.472. The third-order valence-corrected chi connectivity index (χ3v) is 8.94. The van der Waals surface area contributed by atoms with Crippen molar-refractivity contribution in [3.63, 3.8) is 0 Å². The zero-order valence-corrected chi connectivity index (χ0v) is 18.8. The highest BCUT2D eigenvalue weighted by Gasteiger charge is 2.56. The van der Waals surface area contributed by atoms with Crippen LogP contribution in [-0.2, 0) is 4.57 Å². The van der Waals surface area contributed by atoms with Gasteiger partial charge >= 0.3 is 0 Å². The number of nitrogens with zero attached hydrogens (tertiary/aromatic N) is 1. The second-order valence-corrected chi connectivity index (χ2v) is 11.1. The van der Waals surface area contributed by atoms with Crippen molar-refractivity contribution in [1.29, 1.82) is 5.26 Å². The van der Waals surface area contributed by atoms with E-state index in [4.69, 9.17) is 16.3 Å². The molecule has 2 N–H and O–H groups in total. The maximum Gasteiger partial charge on any atom is 0.205 e. The van der Waals surface area contributed by atoms with E-state index in [0.717, 1.165) is 0 Å².